The summed E-state index contributed by atoms with van der Waals surface area (Å²) < 4.78 is 145. The summed E-state index contributed by atoms with van der Waals surface area (Å²) in [7, 11) is 1.57. The van der Waals surface area contributed by atoms with Crippen LogP contribution in [-0.4, -0.2) is 161 Å². The molecule has 11 aromatic carbocycles. The van der Waals surface area contributed by atoms with E-state index in [-0.39, 0.29) is 92.5 Å². The Morgan fingerprint density at radius 1 is 0.252 bits per heavy atom. The summed E-state index contributed by atoms with van der Waals surface area (Å²) in [4.78, 5) is 0. The van der Waals surface area contributed by atoms with Gasteiger partial charge in [0.1, 0.15) is 97.7 Å². The lowest BCUT2D eigenvalue weighted by Crippen LogP contribution is -2.69. The van der Waals surface area contributed by atoms with E-state index in [1.54, 1.807) is 7.11 Å². The number of fused-ring (bicyclic) bond motifs is 1. The third-order valence-electron chi connectivity index (χ3n) is 22.4. The average Bonchev–Trinajstić information content (AvgIpc) is 0.748. The summed E-state index contributed by atoms with van der Waals surface area (Å²) >= 11 is 0. The van der Waals surface area contributed by atoms with E-state index in [0.29, 0.717) is 0 Å². The lowest BCUT2D eigenvalue weighted by Gasteiger charge is -2.53. The van der Waals surface area contributed by atoms with Gasteiger partial charge in [-0.2, -0.15) is 0 Å². The number of aliphatic hydroxyl groups is 1. The van der Waals surface area contributed by atoms with Crippen molar-refractivity contribution in [3.05, 3.63) is 395 Å². The maximum Gasteiger partial charge on any atom is 0.187 e. The first-order valence-electron chi connectivity index (χ1n) is 42.4. The van der Waals surface area contributed by atoms with Crippen molar-refractivity contribution in [1.82, 2.24) is 0 Å². The molecular formula is C102H108O21. The molecule has 21 atom stereocenters. The standard InChI is InChI=1S/C102H108O21/c1-104-100-95(113-65-79-51-29-10-30-52-79)94(90-85(117-100)70-115-98(120-90)81-55-33-12-34-56-81)122-101-96(114-66-80-53-31-11-32-54-80)93(89(110-62-76-45-23-7-24-46-76)84(118-101)69-107-59-73-39-17-4-18-40-73)121-102-97(92(112-64-78-49-27-9-28-50-78)88(109-61-75-43-21-6-22-44-75)83(119-102)68-106-58-72-37-15-3-16-38-72)123-99-86(103)91(111-63-77-47-25-8-26-48-77)87(108-60-74-41-19-5-20-42-74)82(116-99)67-105-57-71-35-13-2-14-36-71/h2-56,82-103H,57-70H2,1H3/t82-,83-,84-,85-,86-,87-,88-,89-,90-,91-,92+,93+,94+,95+,96-,97-,98-,99-,100+,101-,102-/m1/s1. The van der Waals surface area contributed by atoms with Gasteiger partial charge in [0, 0.05) is 12.7 Å². The molecule has 5 aliphatic heterocycles. The molecule has 5 saturated heterocycles. The molecule has 0 aromatic heterocycles. The molecule has 642 valence electrons. The topological polar surface area (TPSA) is 205 Å². The zero-order valence-corrected chi connectivity index (χ0v) is 68.9. The molecule has 123 heavy (non-hydrogen) atoms. The zero-order chi connectivity index (χ0) is 83.4. The van der Waals surface area contributed by atoms with Gasteiger partial charge in [-0.15, -0.1) is 0 Å². The zero-order valence-electron chi connectivity index (χ0n) is 68.9. The molecule has 21 heteroatoms. The molecule has 21 nitrogen and oxygen atoms in total. The number of ether oxygens (including phenoxy) is 20. The smallest absolute Gasteiger partial charge is 0.187 e. The van der Waals surface area contributed by atoms with Crippen LogP contribution in [0.3, 0.4) is 0 Å². The van der Waals surface area contributed by atoms with Crippen molar-refractivity contribution in [1.29, 1.82) is 0 Å². The van der Waals surface area contributed by atoms with Gasteiger partial charge in [0.2, 0.25) is 0 Å². The minimum Gasteiger partial charge on any atom is -0.385 e. The first-order chi connectivity index (χ1) is 60.9. The summed E-state index contributed by atoms with van der Waals surface area (Å²) in [6.07, 6.45) is -24.4. The van der Waals surface area contributed by atoms with Crippen LogP contribution in [0.2, 0.25) is 0 Å². The highest BCUT2D eigenvalue weighted by Crippen LogP contribution is 2.43. The summed E-state index contributed by atoms with van der Waals surface area (Å²) in [5.41, 5.74) is 9.57. The van der Waals surface area contributed by atoms with Gasteiger partial charge in [-0.3, -0.25) is 0 Å². The highest BCUT2D eigenvalue weighted by atomic mass is 16.8. The number of hydrogen-bond donors (Lipinski definition) is 1. The molecule has 16 rings (SSSR count). The number of benzene rings is 11. The van der Waals surface area contributed by atoms with Crippen molar-refractivity contribution >= 4 is 0 Å². The van der Waals surface area contributed by atoms with Gasteiger partial charge in [0.05, 0.1) is 92.5 Å². The first-order valence-corrected chi connectivity index (χ1v) is 42.4. The summed E-state index contributed by atoms with van der Waals surface area (Å²) in [5.74, 6) is 0. The van der Waals surface area contributed by atoms with Crippen molar-refractivity contribution in [3.8, 4) is 0 Å². The molecular weight excluding hydrogens is 1560 g/mol. The fraction of sp³-hybridized carbons (Fsp3) is 0.353. The van der Waals surface area contributed by atoms with Crippen molar-refractivity contribution < 1.29 is 99.8 Å². The van der Waals surface area contributed by atoms with Gasteiger partial charge in [-0.25, -0.2) is 0 Å². The quantitative estimate of drug-likeness (QED) is 0.0378. The second-order valence-electron chi connectivity index (χ2n) is 31.2. The van der Waals surface area contributed by atoms with Gasteiger partial charge in [-0.1, -0.05) is 334 Å². The molecule has 1 N–H and O–H groups in total. The number of aliphatic hydroxyl groups excluding tert-OH is 1. The molecule has 11 aromatic rings. The van der Waals surface area contributed by atoms with Crippen LogP contribution in [0, 0.1) is 0 Å². The predicted molar refractivity (Wildman–Crippen MR) is 456 cm³/mol. The molecule has 5 fully saturated rings. The largest absolute Gasteiger partial charge is 0.385 e. The van der Waals surface area contributed by atoms with Gasteiger partial charge in [0.15, 0.2) is 31.5 Å². The van der Waals surface area contributed by atoms with Crippen LogP contribution in [0.5, 0.6) is 0 Å². The monoisotopic (exact) mass is 1670 g/mol. The lowest BCUT2D eigenvalue weighted by molar-refractivity contribution is -0.415. The number of methoxy groups -OCH3 is 1. The Bertz CT molecular complexity index is 4760. The second kappa shape index (κ2) is 45.5. The summed E-state index contributed by atoms with van der Waals surface area (Å²) in [6.45, 7) is 1.04. The van der Waals surface area contributed by atoms with E-state index in [0.717, 1.165) is 61.2 Å². The van der Waals surface area contributed by atoms with Gasteiger partial charge < -0.3 is 99.8 Å². The van der Waals surface area contributed by atoms with E-state index < -0.39 is 129 Å². The average molecular weight is 1670 g/mol. The Kier molecular flexibility index (Phi) is 32.2. The van der Waals surface area contributed by atoms with Gasteiger partial charge in [0.25, 0.3) is 0 Å². The van der Waals surface area contributed by atoms with Crippen LogP contribution in [0.1, 0.15) is 67.5 Å². The maximum atomic E-state index is 13.8. The molecule has 0 spiro atoms. The normalized spacial score (nSPS) is 27.7. The van der Waals surface area contributed by atoms with Crippen LogP contribution < -0.4 is 0 Å². The molecule has 0 radical (unpaired) electrons. The van der Waals surface area contributed by atoms with Crippen molar-refractivity contribution in [2.75, 3.05) is 33.5 Å². The molecule has 0 bridgehead atoms. The number of hydrogen-bond acceptors (Lipinski definition) is 21. The van der Waals surface area contributed by atoms with Crippen molar-refractivity contribution in [2.45, 2.75) is 195 Å². The number of rotatable bonds is 41. The van der Waals surface area contributed by atoms with E-state index in [2.05, 4.69) is 0 Å². The summed E-state index contributed by atoms with van der Waals surface area (Å²) in [5, 5.41) is 13.8. The molecule has 5 aliphatic rings. The van der Waals surface area contributed by atoms with E-state index >= 15 is 0 Å². The van der Waals surface area contributed by atoms with Crippen molar-refractivity contribution in [2.24, 2.45) is 0 Å². The Morgan fingerprint density at radius 3 is 0.878 bits per heavy atom. The molecule has 0 unspecified atom stereocenters. The fourth-order valence-electron chi connectivity index (χ4n) is 16.1. The Labute approximate surface area is 719 Å². The Hall–Kier alpha value is -9.42. The summed E-state index contributed by atoms with van der Waals surface area (Å²) in [6, 6.07) is 108. The Morgan fingerprint density at radius 2 is 0.520 bits per heavy atom. The van der Waals surface area contributed by atoms with E-state index in [4.69, 9.17) is 94.7 Å². The SMILES string of the molecule is CO[C@H]1O[C@@H]2CO[C@@H](c3ccccc3)O[C@H]2[C@H](O[C@H]2O[C@H](COCc3ccccc3)[C@@H](OCc3ccccc3)[C@H](O[C@H]3O[C@H](COCc4ccccc4)[C@@H](OCc4ccccc4)[C@H](OCc4ccccc4)[C@H]3O[C@H]3O[C@H](COCc4ccccc4)[C@@H](OCc4ccccc4)[C@H](OCc4ccccc4)[C@H]3O)[C@H]2OCc2ccccc2)[C@@H]1OCc1ccccc1. The van der Waals surface area contributed by atoms with Crippen molar-refractivity contribution in [3.63, 3.8) is 0 Å². The van der Waals surface area contributed by atoms with E-state index in [1.807, 2.05) is 334 Å². The Balaban J connectivity index is 0.858. The second-order valence-corrected chi connectivity index (χ2v) is 31.2. The molecule has 5 heterocycles. The third kappa shape index (κ3) is 24.2. The van der Waals surface area contributed by atoms with Gasteiger partial charge >= 0.3 is 0 Å². The van der Waals surface area contributed by atoms with Gasteiger partial charge in [-0.05, 0) is 55.6 Å². The minimum absolute atomic E-state index is 0.00260. The third-order valence-corrected chi connectivity index (χ3v) is 22.4. The van der Waals surface area contributed by atoms with Crippen LogP contribution in [0.4, 0.5) is 0 Å². The molecule has 0 amide bonds. The van der Waals surface area contributed by atoms with Crippen LogP contribution in [-0.2, 0) is 161 Å². The van der Waals surface area contributed by atoms with E-state index in [9.17, 15) is 5.11 Å². The van der Waals surface area contributed by atoms with Crippen LogP contribution in [0.25, 0.3) is 0 Å². The van der Waals surface area contributed by atoms with Crippen LogP contribution >= 0.6 is 0 Å². The highest BCUT2D eigenvalue weighted by molar-refractivity contribution is 5.23. The molecule has 0 aliphatic carbocycles. The first kappa shape index (κ1) is 87.1. The predicted octanol–water partition coefficient (Wildman–Crippen LogP) is 15.9. The maximum absolute atomic E-state index is 13.8. The minimum atomic E-state index is -1.60. The lowest BCUT2D eigenvalue weighted by atomic mass is 9.94. The fourth-order valence-corrected chi connectivity index (χ4v) is 16.1. The highest BCUT2D eigenvalue weighted by Gasteiger charge is 2.60. The van der Waals surface area contributed by atoms with Crippen LogP contribution in [0.15, 0.2) is 334 Å². The van der Waals surface area contributed by atoms with E-state index in [1.165, 1.54) is 0 Å². The molecule has 0 saturated carbocycles.